The fraction of sp³-hybridized carbons (Fsp3) is 0.400. The van der Waals surface area contributed by atoms with Crippen LogP contribution in [0.1, 0.15) is 40.4 Å². The zero-order chi connectivity index (χ0) is 22.3. The lowest BCUT2D eigenvalue weighted by Crippen LogP contribution is -2.31. The van der Waals surface area contributed by atoms with E-state index in [0.717, 1.165) is 50.0 Å². The van der Waals surface area contributed by atoms with Crippen LogP contribution in [0.25, 0.3) is 0 Å². The molecule has 3 aromatic rings. The second-order valence-electron chi connectivity index (χ2n) is 8.28. The van der Waals surface area contributed by atoms with E-state index < -0.39 is 0 Å². The SMILES string of the molecule is COc1ccc(C(=O)NCCc2nnc3n2CCN(C[C@H](C)c2ccccc2)CC3)cc1. The number of methoxy groups -OCH3 is 1. The van der Waals surface area contributed by atoms with Crippen LogP contribution in [0, 0.1) is 0 Å². The molecule has 0 spiro atoms. The molecular formula is C25H31N5O2. The third-order valence-corrected chi connectivity index (χ3v) is 6.08. The summed E-state index contributed by atoms with van der Waals surface area (Å²) >= 11 is 0. The van der Waals surface area contributed by atoms with Crippen molar-refractivity contribution in [3.8, 4) is 5.75 Å². The first-order valence-electron chi connectivity index (χ1n) is 11.2. The Bertz CT molecular complexity index is 1020. The van der Waals surface area contributed by atoms with Gasteiger partial charge in [0.2, 0.25) is 0 Å². The molecule has 0 aliphatic carbocycles. The van der Waals surface area contributed by atoms with Gasteiger partial charge in [0.25, 0.3) is 5.91 Å². The van der Waals surface area contributed by atoms with Crippen LogP contribution in [0.4, 0.5) is 0 Å². The molecule has 168 valence electrons. The molecule has 0 fully saturated rings. The molecule has 7 heteroatoms. The summed E-state index contributed by atoms with van der Waals surface area (Å²) in [5, 5.41) is 11.8. The second-order valence-corrected chi connectivity index (χ2v) is 8.28. The quantitative estimate of drug-likeness (QED) is 0.591. The van der Waals surface area contributed by atoms with Crippen LogP contribution in [0.5, 0.6) is 5.75 Å². The lowest BCUT2D eigenvalue weighted by Gasteiger charge is -2.24. The number of nitrogens with one attached hydrogen (secondary N) is 1. The third-order valence-electron chi connectivity index (χ3n) is 6.08. The van der Waals surface area contributed by atoms with Gasteiger partial charge in [0, 0.05) is 51.1 Å². The molecule has 2 aromatic carbocycles. The highest BCUT2D eigenvalue weighted by atomic mass is 16.5. The van der Waals surface area contributed by atoms with Gasteiger partial charge in [0.15, 0.2) is 0 Å². The van der Waals surface area contributed by atoms with Gasteiger partial charge in [-0.25, -0.2) is 0 Å². The molecule has 0 saturated carbocycles. The van der Waals surface area contributed by atoms with Crippen molar-refractivity contribution >= 4 is 5.91 Å². The molecular weight excluding hydrogens is 402 g/mol. The van der Waals surface area contributed by atoms with Crippen molar-refractivity contribution in [3.63, 3.8) is 0 Å². The third kappa shape index (κ3) is 5.34. The number of aromatic nitrogens is 3. The number of amides is 1. The Morgan fingerprint density at radius 3 is 2.59 bits per heavy atom. The maximum atomic E-state index is 12.4. The summed E-state index contributed by atoms with van der Waals surface area (Å²) in [6, 6.07) is 17.8. The average molecular weight is 434 g/mol. The van der Waals surface area contributed by atoms with Crippen LogP contribution in [-0.4, -0.2) is 58.9 Å². The van der Waals surface area contributed by atoms with E-state index in [9.17, 15) is 4.79 Å². The molecule has 0 unspecified atom stereocenters. The second kappa shape index (κ2) is 10.4. The Balaban J connectivity index is 1.29. The van der Waals surface area contributed by atoms with Crippen molar-refractivity contribution in [1.29, 1.82) is 0 Å². The minimum atomic E-state index is -0.0932. The van der Waals surface area contributed by atoms with Crippen molar-refractivity contribution < 1.29 is 9.53 Å². The zero-order valence-electron chi connectivity index (χ0n) is 18.8. The van der Waals surface area contributed by atoms with E-state index in [1.54, 1.807) is 31.4 Å². The standard InChI is InChI=1S/C25H31N5O2/c1-19(20-6-4-3-5-7-20)18-29-15-13-24-28-27-23(30(24)17-16-29)12-14-26-25(31)21-8-10-22(32-2)11-9-21/h3-11,19H,12-18H2,1-2H3,(H,26,31)/t19-/m0/s1. The first-order chi connectivity index (χ1) is 15.6. The summed E-state index contributed by atoms with van der Waals surface area (Å²) in [7, 11) is 1.61. The molecule has 1 aliphatic heterocycles. The number of rotatable bonds is 8. The van der Waals surface area contributed by atoms with Gasteiger partial charge < -0.3 is 19.5 Å². The zero-order valence-corrected chi connectivity index (χ0v) is 18.8. The van der Waals surface area contributed by atoms with E-state index in [0.29, 0.717) is 24.4 Å². The van der Waals surface area contributed by atoms with Crippen LogP contribution < -0.4 is 10.1 Å². The molecule has 1 aromatic heterocycles. The number of benzene rings is 2. The smallest absolute Gasteiger partial charge is 0.251 e. The van der Waals surface area contributed by atoms with Crippen LogP contribution in [0.3, 0.4) is 0 Å². The molecule has 1 aliphatic rings. The fourth-order valence-corrected chi connectivity index (χ4v) is 4.20. The molecule has 2 heterocycles. The molecule has 1 amide bonds. The molecule has 0 radical (unpaired) electrons. The molecule has 1 N–H and O–H groups in total. The Kier molecular flexibility index (Phi) is 7.17. The normalized spacial score (nSPS) is 14.9. The van der Waals surface area contributed by atoms with Gasteiger partial charge >= 0.3 is 0 Å². The van der Waals surface area contributed by atoms with E-state index >= 15 is 0 Å². The van der Waals surface area contributed by atoms with Crippen molar-refractivity contribution in [2.75, 3.05) is 33.3 Å². The molecule has 0 saturated heterocycles. The van der Waals surface area contributed by atoms with E-state index in [-0.39, 0.29) is 5.91 Å². The lowest BCUT2D eigenvalue weighted by molar-refractivity contribution is 0.0954. The minimum absolute atomic E-state index is 0.0932. The highest BCUT2D eigenvalue weighted by Gasteiger charge is 2.20. The number of hydrogen-bond donors (Lipinski definition) is 1. The van der Waals surface area contributed by atoms with Crippen LogP contribution in [-0.2, 0) is 19.4 Å². The minimum Gasteiger partial charge on any atom is -0.497 e. The average Bonchev–Trinajstić information content (AvgIpc) is 3.11. The number of hydrogen-bond acceptors (Lipinski definition) is 5. The van der Waals surface area contributed by atoms with Gasteiger partial charge in [0.05, 0.1) is 7.11 Å². The predicted molar refractivity (Wildman–Crippen MR) is 124 cm³/mol. The van der Waals surface area contributed by atoms with Gasteiger partial charge in [-0.1, -0.05) is 37.3 Å². The Hall–Kier alpha value is -3.19. The summed E-state index contributed by atoms with van der Waals surface area (Å²) in [6.07, 6.45) is 1.56. The van der Waals surface area contributed by atoms with Crippen molar-refractivity contribution in [1.82, 2.24) is 25.0 Å². The highest BCUT2D eigenvalue weighted by molar-refractivity contribution is 5.94. The van der Waals surface area contributed by atoms with E-state index in [1.165, 1.54) is 5.56 Å². The molecule has 0 bridgehead atoms. The summed E-state index contributed by atoms with van der Waals surface area (Å²) in [5.41, 5.74) is 2.00. The summed E-state index contributed by atoms with van der Waals surface area (Å²) < 4.78 is 7.37. The van der Waals surface area contributed by atoms with E-state index in [1.807, 2.05) is 0 Å². The highest BCUT2D eigenvalue weighted by Crippen LogP contribution is 2.18. The van der Waals surface area contributed by atoms with Gasteiger partial charge in [-0.2, -0.15) is 0 Å². The molecule has 7 nitrogen and oxygen atoms in total. The largest absolute Gasteiger partial charge is 0.497 e. The summed E-state index contributed by atoms with van der Waals surface area (Å²) in [6.45, 7) is 6.70. The van der Waals surface area contributed by atoms with Gasteiger partial charge in [-0.15, -0.1) is 10.2 Å². The first kappa shape index (κ1) is 22.0. The van der Waals surface area contributed by atoms with Crippen LogP contribution in [0.2, 0.25) is 0 Å². The van der Waals surface area contributed by atoms with Crippen molar-refractivity contribution in [3.05, 3.63) is 77.4 Å². The van der Waals surface area contributed by atoms with Crippen molar-refractivity contribution in [2.24, 2.45) is 0 Å². The summed E-state index contributed by atoms with van der Waals surface area (Å²) in [4.78, 5) is 14.9. The number of ether oxygens (including phenoxy) is 1. The lowest BCUT2D eigenvalue weighted by atomic mass is 10.0. The molecule has 32 heavy (non-hydrogen) atoms. The van der Waals surface area contributed by atoms with Crippen molar-refractivity contribution in [2.45, 2.75) is 32.2 Å². The molecule has 4 rings (SSSR count). The number of nitrogens with zero attached hydrogens (tertiary/aromatic N) is 4. The number of fused-ring (bicyclic) bond motifs is 1. The monoisotopic (exact) mass is 433 g/mol. The van der Waals surface area contributed by atoms with Crippen LogP contribution in [0.15, 0.2) is 54.6 Å². The molecule has 1 atom stereocenters. The van der Waals surface area contributed by atoms with E-state index in [2.05, 4.69) is 62.2 Å². The summed E-state index contributed by atoms with van der Waals surface area (Å²) in [5.74, 6) is 3.11. The Morgan fingerprint density at radius 2 is 1.84 bits per heavy atom. The number of carbonyl (C=O) groups excluding carboxylic acids is 1. The van der Waals surface area contributed by atoms with Crippen LogP contribution >= 0.6 is 0 Å². The Labute approximate surface area is 189 Å². The van der Waals surface area contributed by atoms with Gasteiger partial charge in [0.1, 0.15) is 17.4 Å². The van der Waals surface area contributed by atoms with Gasteiger partial charge in [-0.05, 0) is 35.7 Å². The maximum Gasteiger partial charge on any atom is 0.251 e. The maximum absolute atomic E-state index is 12.4. The van der Waals surface area contributed by atoms with Gasteiger partial charge in [-0.3, -0.25) is 4.79 Å². The van der Waals surface area contributed by atoms with E-state index in [4.69, 9.17) is 4.74 Å². The predicted octanol–water partition coefficient (Wildman–Crippen LogP) is 2.92. The Morgan fingerprint density at radius 1 is 1.06 bits per heavy atom. The first-order valence-corrected chi connectivity index (χ1v) is 11.2. The number of carbonyl (C=O) groups is 1. The topological polar surface area (TPSA) is 72.3 Å². The fourth-order valence-electron chi connectivity index (χ4n) is 4.20.